The van der Waals surface area contributed by atoms with Gasteiger partial charge in [-0.05, 0) is 59.7 Å². The predicted octanol–water partition coefficient (Wildman–Crippen LogP) is 4.15. The molecule has 4 rings (SSSR count). The van der Waals surface area contributed by atoms with E-state index < -0.39 is 12.1 Å². The van der Waals surface area contributed by atoms with Gasteiger partial charge in [0.2, 0.25) is 6.10 Å². The van der Waals surface area contributed by atoms with E-state index in [1.54, 1.807) is 72.7 Å². The first-order chi connectivity index (χ1) is 15.5. The normalized spacial score (nSPS) is 17.5. The highest BCUT2D eigenvalue weighted by Gasteiger charge is 2.50. The van der Waals surface area contributed by atoms with Gasteiger partial charge >= 0.3 is 5.97 Å². The molecule has 7 heteroatoms. The number of ether oxygens (including phenoxy) is 3. The second-order valence-corrected chi connectivity index (χ2v) is 7.37. The Morgan fingerprint density at radius 2 is 1.53 bits per heavy atom. The lowest BCUT2D eigenvalue weighted by molar-refractivity contribution is -0.165. The third-order valence-corrected chi connectivity index (χ3v) is 5.41. The third kappa shape index (κ3) is 4.27. The lowest BCUT2D eigenvalue weighted by Gasteiger charge is -2.47. The van der Waals surface area contributed by atoms with E-state index in [-0.39, 0.29) is 17.8 Å². The van der Waals surface area contributed by atoms with E-state index in [4.69, 9.17) is 14.2 Å². The monoisotopic (exact) mass is 435 g/mol. The Kier molecular flexibility index (Phi) is 6.07. The smallest absolute Gasteiger partial charge is 0.337 e. The minimum Gasteiger partial charge on any atom is -0.497 e. The summed E-state index contributed by atoms with van der Waals surface area (Å²) in [4.78, 5) is 26.4. The fourth-order valence-electron chi connectivity index (χ4n) is 3.68. The number of nitrogens with zero attached hydrogens (tertiary/aromatic N) is 1. The number of β-lactam (4-membered cyclic amide) rings is 1. The summed E-state index contributed by atoms with van der Waals surface area (Å²) in [5, 5.41) is 0. The molecule has 0 aromatic heterocycles. The van der Waals surface area contributed by atoms with Crippen molar-refractivity contribution in [3.05, 3.63) is 95.3 Å². The topological polar surface area (TPSA) is 65.1 Å². The van der Waals surface area contributed by atoms with Crippen molar-refractivity contribution in [2.24, 2.45) is 0 Å². The number of likely N-dealkylation sites (tertiary alicyclic amines) is 1. The Bertz CT molecular complexity index is 1100. The number of carbonyl (C=O) groups is 2. The van der Waals surface area contributed by atoms with E-state index in [2.05, 4.69) is 0 Å². The van der Waals surface area contributed by atoms with Crippen molar-refractivity contribution in [1.29, 1.82) is 0 Å². The Labute approximate surface area is 185 Å². The van der Waals surface area contributed by atoms with Gasteiger partial charge in [-0.15, -0.1) is 0 Å². The zero-order valence-corrected chi connectivity index (χ0v) is 17.7. The molecule has 1 saturated heterocycles. The van der Waals surface area contributed by atoms with Gasteiger partial charge in [-0.25, -0.2) is 9.18 Å². The zero-order chi connectivity index (χ0) is 22.7. The van der Waals surface area contributed by atoms with Crippen molar-refractivity contribution in [3.63, 3.8) is 0 Å². The number of hydrogen-bond acceptors (Lipinski definition) is 5. The molecule has 3 aromatic carbocycles. The molecule has 1 amide bonds. The first-order valence-corrected chi connectivity index (χ1v) is 10.0. The van der Waals surface area contributed by atoms with Crippen molar-refractivity contribution in [2.75, 3.05) is 14.2 Å². The van der Waals surface area contributed by atoms with Crippen LogP contribution in [0.2, 0.25) is 0 Å². The molecule has 0 N–H and O–H groups in total. The van der Waals surface area contributed by atoms with Gasteiger partial charge < -0.3 is 19.1 Å². The van der Waals surface area contributed by atoms with Gasteiger partial charge in [0.05, 0.1) is 19.8 Å². The molecule has 0 bridgehead atoms. The van der Waals surface area contributed by atoms with E-state index in [1.807, 2.05) is 0 Å². The maximum atomic E-state index is 13.3. The van der Waals surface area contributed by atoms with E-state index in [9.17, 15) is 14.0 Å². The highest BCUT2D eigenvalue weighted by Crippen LogP contribution is 2.39. The average Bonchev–Trinajstić information content (AvgIpc) is 2.84. The summed E-state index contributed by atoms with van der Waals surface area (Å²) >= 11 is 0. The maximum Gasteiger partial charge on any atom is 0.337 e. The molecule has 0 saturated carbocycles. The van der Waals surface area contributed by atoms with Crippen molar-refractivity contribution < 1.29 is 28.2 Å². The molecule has 1 aliphatic rings. The zero-order valence-electron chi connectivity index (χ0n) is 17.7. The van der Waals surface area contributed by atoms with Crippen LogP contribution in [0.25, 0.3) is 0 Å². The number of hydrogen-bond donors (Lipinski definition) is 0. The molecule has 0 unspecified atom stereocenters. The van der Waals surface area contributed by atoms with Crippen LogP contribution >= 0.6 is 0 Å². The number of carbonyl (C=O) groups excluding carboxylic acids is 2. The Morgan fingerprint density at radius 1 is 0.906 bits per heavy atom. The van der Waals surface area contributed by atoms with Gasteiger partial charge in [0, 0.05) is 6.54 Å². The van der Waals surface area contributed by atoms with Gasteiger partial charge in [-0.3, -0.25) is 4.79 Å². The number of rotatable bonds is 7. The molecule has 32 heavy (non-hydrogen) atoms. The standard InChI is InChI=1S/C25H22FNO5/c1-30-20-11-13-21(14-12-20)32-23-22(17-5-7-18(8-6-17)25(29)31-2)27(24(23)28)15-16-3-9-19(26)10-4-16/h3-14,22-23H,15H2,1-2H3/t22-,23-/m0/s1. The van der Waals surface area contributed by atoms with Gasteiger partial charge in [0.25, 0.3) is 5.91 Å². The van der Waals surface area contributed by atoms with Crippen molar-refractivity contribution in [1.82, 2.24) is 4.90 Å². The molecular formula is C25H22FNO5. The molecule has 3 aromatic rings. The van der Waals surface area contributed by atoms with Crippen molar-refractivity contribution in [3.8, 4) is 11.5 Å². The number of halogens is 1. The first kappa shape index (κ1) is 21.4. The highest BCUT2D eigenvalue weighted by molar-refractivity contribution is 5.90. The number of amides is 1. The highest BCUT2D eigenvalue weighted by atomic mass is 19.1. The average molecular weight is 435 g/mol. The summed E-state index contributed by atoms with van der Waals surface area (Å²) in [6.45, 7) is 0.311. The largest absolute Gasteiger partial charge is 0.497 e. The van der Waals surface area contributed by atoms with Gasteiger partial charge in [0.1, 0.15) is 23.4 Å². The molecule has 0 radical (unpaired) electrons. The first-order valence-electron chi connectivity index (χ1n) is 10.0. The molecule has 6 nitrogen and oxygen atoms in total. The third-order valence-electron chi connectivity index (χ3n) is 5.41. The molecular weight excluding hydrogens is 413 g/mol. The van der Waals surface area contributed by atoms with Crippen LogP contribution in [-0.4, -0.2) is 37.1 Å². The minimum absolute atomic E-state index is 0.174. The summed E-state index contributed by atoms with van der Waals surface area (Å²) in [5.74, 6) is 0.286. The van der Waals surface area contributed by atoms with Crippen LogP contribution in [0.5, 0.6) is 11.5 Å². The SMILES string of the molecule is COC(=O)c1ccc([C@H]2[C@H](Oc3ccc(OC)cc3)C(=O)N2Cc2ccc(F)cc2)cc1. The Morgan fingerprint density at radius 3 is 2.12 bits per heavy atom. The van der Waals surface area contributed by atoms with Gasteiger partial charge in [0.15, 0.2) is 0 Å². The van der Waals surface area contributed by atoms with Crippen LogP contribution in [0.15, 0.2) is 72.8 Å². The van der Waals surface area contributed by atoms with Crippen LogP contribution in [-0.2, 0) is 16.1 Å². The summed E-state index contributed by atoms with van der Waals surface area (Å²) in [6.07, 6.45) is -0.729. The summed E-state index contributed by atoms with van der Waals surface area (Å²) in [6, 6.07) is 19.5. The number of benzene rings is 3. The summed E-state index contributed by atoms with van der Waals surface area (Å²) in [7, 11) is 2.90. The Hall–Kier alpha value is -3.87. The quantitative estimate of drug-likeness (QED) is 0.412. The fourth-order valence-corrected chi connectivity index (χ4v) is 3.68. The van der Waals surface area contributed by atoms with E-state index in [0.717, 1.165) is 11.1 Å². The summed E-state index contributed by atoms with van der Waals surface area (Å²) in [5.41, 5.74) is 2.04. The number of methoxy groups -OCH3 is 2. The fraction of sp³-hybridized carbons (Fsp3) is 0.200. The van der Waals surface area contributed by atoms with Gasteiger partial charge in [-0.2, -0.15) is 0 Å². The van der Waals surface area contributed by atoms with Crippen LogP contribution < -0.4 is 9.47 Å². The predicted molar refractivity (Wildman–Crippen MR) is 115 cm³/mol. The van der Waals surface area contributed by atoms with Crippen LogP contribution in [0, 0.1) is 5.82 Å². The molecule has 1 heterocycles. The van der Waals surface area contributed by atoms with E-state index in [0.29, 0.717) is 23.6 Å². The van der Waals surface area contributed by atoms with E-state index >= 15 is 0 Å². The Balaban J connectivity index is 1.60. The van der Waals surface area contributed by atoms with Crippen LogP contribution in [0.3, 0.4) is 0 Å². The molecule has 0 spiro atoms. The number of esters is 1. The van der Waals surface area contributed by atoms with Crippen LogP contribution in [0.4, 0.5) is 4.39 Å². The summed E-state index contributed by atoms with van der Waals surface area (Å²) < 4.78 is 29.2. The maximum absolute atomic E-state index is 13.3. The molecule has 0 aliphatic carbocycles. The van der Waals surface area contributed by atoms with Crippen molar-refractivity contribution >= 4 is 11.9 Å². The van der Waals surface area contributed by atoms with E-state index in [1.165, 1.54) is 19.2 Å². The lowest BCUT2D eigenvalue weighted by atomic mass is 9.89. The van der Waals surface area contributed by atoms with Gasteiger partial charge in [-0.1, -0.05) is 24.3 Å². The molecule has 164 valence electrons. The second-order valence-electron chi connectivity index (χ2n) is 7.37. The van der Waals surface area contributed by atoms with Crippen molar-refractivity contribution in [2.45, 2.75) is 18.7 Å². The van der Waals surface area contributed by atoms with Crippen LogP contribution in [0.1, 0.15) is 27.5 Å². The molecule has 1 fully saturated rings. The minimum atomic E-state index is -0.729. The molecule has 2 atom stereocenters. The lowest BCUT2D eigenvalue weighted by Crippen LogP contribution is -2.60. The molecule has 1 aliphatic heterocycles. The second kappa shape index (κ2) is 9.09.